The number of aryl methyl sites for hydroxylation is 1. The van der Waals surface area contributed by atoms with Crippen LogP contribution in [0, 0.1) is 12.3 Å². The summed E-state index contributed by atoms with van der Waals surface area (Å²) in [5.74, 6) is 0.240. The molecule has 0 bridgehead atoms. The Morgan fingerprint density at radius 3 is 2.15 bits per heavy atom. The minimum Gasteiger partial charge on any atom is -0.294 e. The van der Waals surface area contributed by atoms with Crippen LogP contribution in [0.3, 0.4) is 0 Å². The molecular formula is C19H22O. The van der Waals surface area contributed by atoms with Crippen molar-refractivity contribution in [3.63, 3.8) is 0 Å². The molecule has 2 aromatic carbocycles. The van der Waals surface area contributed by atoms with Crippen LogP contribution in [-0.2, 0) is 6.42 Å². The Morgan fingerprint density at radius 1 is 1.00 bits per heavy atom. The molecule has 2 aromatic rings. The van der Waals surface area contributed by atoms with E-state index in [1.807, 2.05) is 49.4 Å². The highest BCUT2D eigenvalue weighted by Gasteiger charge is 2.32. The quantitative estimate of drug-likeness (QED) is 0.708. The SMILES string of the molecule is CCC(C)(Cc1ccccc1)C(=O)c1ccc(C)cc1. The van der Waals surface area contributed by atoms with Crippen LogP contribution in [0.5, 0.6) is 0 Å². The van der Waals surface area contributed by atoms with E-state index in [1.165, 1.54) is 11.1 Å². The van der Waals surface area contributed by atoms with Crippen molar-refractivity contribution < 1.29 is 4.79 Å². The first-order valence-corrected chi connectivity index (χ1v) is 7.20. The maximum Gasteiger partial charge on any atom is 0.169 e. The molecule has 0 saturated carbocycles. The summed E-state index contributed by atoms with van der Waals surface area (Å²) in [7, 11) is 0. The van der Waals surface area contributed by atoms with Crippen molar-refractivity contribution in [2.45, 2.75) is 33.6 Å². The zero-order valence-electron chi connectivity index (χ0n) is 12.5. The van der Waals surface area contributed by atoms with Gasteiger partial charge in [0, 0.05) is 11.0 Å². The average Bonchev–Trinajstić information content (AvgIpc) is 2.48. The second-order valence-corrected chi connectivity index (χ2v) is 5.77. The van der Waals surface area contributed by atoms with Crippen molar-refractivity contribution in [1.29, 1.82) is 0 Å². The Balaban J connectivity index is 2.25. The molecule has 0 aromatic heterocycles. The van der Waals surface area contributed by atoms with Crippen molar-refractivity contribution >= 4 is 5.78 Å². The Morgan fingerprint density at radius 2 is 1.60 bits per heavy atom. The maximum absolute atomic E-state index is 12.8. The van der Waals surface area contributed by atoms with Gasteiger partial charge in [0.05, 0.1) is 0 Å². The van der Waals surface area contributed by atoms with E-state index in [0.717, 1.165) is 18.4 Å². The van der Waals surface area contributed by atoms with Crippen molar-refractivity contribution in [1.82, 2.24) is 0 Å². The van der Waals surface area contributed by atoms with Gasteiger partial charge in [0.1, 0.15) is 0 Å². The van der Waals surface area contributed by atoms with E-state index in [-0.39, 0.29) is 11.2 Å². The zero-order chi connectivity index (χ0) is 14.6. The number of Topliss-reactive ketones (excluding diaryl/α,β-unsaturated/α-hetero) is 1. The van der Waals surface area contributed by atoms with Gasteiger partial charge in [-0.05, 0) is 25.3 Å². The fraction of sp³-hybridized carbons (Fsp3) is 0.316. The predicted octanol–water partition coefficient (Wildman–Crippen LogP) is 4.84. The van der Waals surface area contributed by atoms with Crippen LogP contribution in [-0.4, -0.2) is 5.78 Å². The number of hydrogen-bond donors (Lipinski definition) is 0. The first-order chi connectivity index (χ1) is 9.55. The van der Waals surface area contributed by atoms with E-state index in [1.54, 1.807) is 0 Å². The summed E-state index contributed by atoms with van der Waals surface area (Å²) < 4.78 is 0. The van der Waals surface area contributed by atoms with E-state index in [4.69, 9.17) is 0 Å². The predicted molar refractivity (Wildman–Crippen MR) is 84.1 cm³/mol. The molecule has 2 rings (SSSR count). The summed E-state index contributed by atoms with van der Waals surface area (Å²) in [6.07, 6.45) is 1.63. The van der Waals surface area contributed by atoms with Gasteiger partial charge < -0.3 is 0 Å². The summed E-state index contributed by atoms with van der Waals surface area (Å²) >= 11 is 0. The molecule has 0 heterocycles. The van der Waals surface area contributed by atoms with Gasteiger partial charge in [0.2, 0.25) is 0 Å². The summed E-state index contributed by atoms with van der Waals surface area (Å²) in [6, 6.07) is 18.1. The fourth-order valence-corrected chi connectivity index (χ4v) is 2.47. The highest BCUT2D eigenvalue weighted by molar-refractivity contribution is 6.00. The molecule has 0 aliphatic heterocycles. The lowest BCUT2D eigenvalue weighted by atomic mass is 9.75. The van der Waals surface area contributed by atoms with E-state index in [9.17, 15) is 4.79 Å². The number of rotatable bonds is 5. The molecule has 104 valence electrons. The van der Waals surface area contributed by atoms with Gasteiger partial charge in [-0.25, -0.2) is 0 Å². The van der Waals surface area contributed by atoms with Crippen molar-refractivity contribution in [3.05, 3.63) is 71.3 Å². The molecule has 0 aliphatic carbocycles. The molecule has 0 N–H and O–H groups in total. The molecule has 1 nitrogen and oxygen atoms in total. The molecule has 0 aliphatic rings. The highest BCUT2D eigenvalue weighted by Crippen LogP contribution is 2.31. The van der Waals surface area contributed by atoms with Crippen LogP contribution < -0.4 is 0 Å². The second-order valence-electron chi connectivity index (χ2n) is 5.77. The molecule has 0 spiro atoms. The van der Waals surface area contributed by atoms with Crippen LogP contribution in [0.1, 0.15) is 41.8 Å². The van der Waals surface area contributed by atoms with Crippen molar-refractivity contribution in [2.75, 3.05) is 0 Å². The van der Waals surface area contributed by atoms with E-state index >= 15 is 0 Å². The van der Waals surface area contributed by atoms with Crippen LogP contribution in [0.2, 0.25) is 0 Å². The monoisotopic (exact) mass is 266 g/mol. The second kappa shape index (κ2) is 6.04. The van der Waals surface area contributed by atoms with Crippen LogP contribution in [0.25, 0.3) is 0 Å². The molecule has 0 amide bonds. The lowest BCUT2D eigenvalue weighted by Gasteiger charge is -2.27. The standard InChI is InChI=1S/C19H22O/c1-4-19(3,14-16-8-6-5-7-9-16)18(20)17-12-10-15(2)11-13-17/h5-13H,4,14H2,1-3H3. The molecule has 0 saturated heterocycles. The Bertz CT molecular complexity index is 568. The zero-order valence-corrected chi connectivity index (χ0v) is 12.5. The number of hydrogen-bond acceptors (Lipinski definition) is 1. The molecule has 1 atom stereocenters. The molecule has 20 heavy (non-hydrogen) atoms. The molecule has 1 heteroatoms. The molecule has 0 radical (unpaired) electrons. The largest absolute Gasteiger partial charge is 0.294 e. The van der Waals surface area contributed by atoms with Crippen molar-refractivity contribution in [3.8, 4) is 0 Å². The molecule has 1 unspecified atom stereocenters. The smallest absolute Gasteiger partial charge is 0.169 e. The third-order valence-electron chi connectivity index (χ3n) is 4.08. The summed E-state index contributed by atoms with van der Waals surface area (Å²) in [5.41, 5.74) is 2.88. The van der Waals surface area contributed by atoms with Gasteiger partial charge in [-0.2, -0.15) is 0 Å². The van der Waals surface area contributed by atoms with E-state index in [2.05, 4.69) is 26.0 Å². The van der Waals surface area contributed by atoms with Crippen LogP contribution in [0.15, 0.2) is 54.6 Å². The molecular weight excluding hydrogens is 244 g/mol. The number of benzene rings is 2. The third kappa shape index (κ3) is 3.16. The van der Waals surface area contributed by atoms with Gasteiger partial charge >= 0.3 is 0 Å². The van der Waals surface area contributed by atoms with E-state index < -0.39 is 0 Å². The first-order valence-electron chi connectivity index (χ1n) is 7.20. The molecule has 0 fully saturated rings. The minimum absolute atomic E-state index is 0.240. The number of carbonyl (C=O) groups excluding carboxylic acids is 1. The minimum atomic E-state index is -0.337. The number of carbonyl (C=O) groups is 1. The maximum atomic E-state index is 12.8. The Hall–Kier alpha value is -1.89. The van der Waals surface area contributed by atoms with Gasteiger partial charge in [0.15, 0.2) is 5.78 Å². The normalized spacial score (nSPS) is 13.8. The van der Waals surface area contributed by atoms with Crippen LogP contribution in [0.4, 0.5) is 0 Å². The summed E-state index contributed by atoms with van der Waals surface area (Å²) in [5, 5.41) is 0. The fourth-order valence-electron chi connectivity index (χ4n) is 2.47. The lowest BCUT2D eigenvalue weighted by molar-refractivity contribution is 0.0808. The third-order valence-corrected chi connectivity index (χ3v) is 4.08. The Kier molecular flexibility index (Phi) is 4.39. The number of ketones is 1. The van der Waals surface area contributed by atoms with Crippen LogP contribution >= 0.6 is 0 Å². The van der Waals surface area contributed by atoms with Gasteiger partial charge in [-0.3, -0.25) is 4.79 Å². The Labute approximate surface area is 121 Å². The average molecular weight is 266 g/mol. The van der Waals surface area contributed by atoms with E-state index in [0.29, 0.717) is 0 Å². The van der Waals surface area contributed by atoms with Gasteiger partial charge in [0.25, 0.3) is 0 Å². The van der Waals surface area contributed by atoms with Gasteiger partial charge in [-0.15, -0.1) is 0 Å². The topological polar surface area (TPSA) is 17.1 Å². The van der Waals surface area contributed by atoms with Gasteiger partial charge in [-0.1, -0.05) is 74.0 Å². The van der Waals surface area contributed by atoms with Crippen molar-refractivity contribution in [2.24, 2.45) is 5.41 Å². The first kappa shape index (κ1) is 14.5. The highest BCUT2D eigenvalue weighted by atomic mass is 16.1. The lowest BCUT2D eigenvalue weighted by Crippen LogP contribution is -2.29. The summed E-state index contributed by atoms with van der Waals surface area (Å²) in [4.78, 5) is 12.8. The summed E-state index contributed by atoms with van der Waals surface area (Å²) in [6.45, 7) is 6.20.